The lowest BCUT2D eigenvalue weighted by Gasteiger charge is -2.29. The molecule has 0 bridgehead atoms. The van der Waals surface area contributed by atoms with Crippen molar-refractivity contribution in [3.8, 4) is 0 Å². The third kappa shape index (κ3) is 2.27. The van der Waals surface area contributed by atoms with Gasteiger partial charge >= 0.3 is 5.97 Å². The lowest BCUT2D eigenvalue weighted by molar-refractivity contribution is -0.153. The van der Waals surface area contributed by atoms with Crippen LogP contribution in [0, 0.1) is 11.3 Å². The molecule has 5 heteroatoms. The molecular weight excluding hydrogens is 244 g/mol. The summed E-state index contributed by atoms with van der Waals surface area (Å²) < 4.78 is 7.50. The first-order chi connectivity index (χ1) is 9.12. The number of aryl methyl sites for hydroxylation is 2. The monoisotopic (exact) mass is 264 g/mol. The van der Waals surface area contributed by atoms with Crippen LogP contribution in [0.3, 0.4) is 0 Å². The van der Waals surface area contributed by atoms with Gasteiger partial charge in [0, 0.05) is 19.9 Å². The zero-order valence-electron chi connectivity index (χ0n) is 11.2. The molecule has 19 heavy (non-hydrogen) atoms. The summed E-state index contributed by atoms with van der Waals surface area (Å²) in [6, 6.07) is 0. The van der Waals surface area contributed by atoms with Crippen LogP contribution in [-0.2, 0) is 23.0 Å². The smallest absolute Gasteiger partial charge is 0.312 e. The van der Waals surface area contributed by atoms with Gasteiger partial charge in [-0.1, -0.05) is 0 Å². The van der Waals surface area contributed by atoms with Crippen molar-refractivity contribution in [1.29, 1.82) is 0 Å². The Morgan fingerprint density at radius 1 is 1.63 bits per heavy atom. The van der Waals surface area contributed by atoms with E-state index in [1.54, 1.807) is 4.68 Å². The maximum Gasteiger partial charge on any atom is 0.312 e. The van der Waals surface area contributed by atoms with Crippen LogP contribution in [0.4, 0.5) is 0 Å². The van der Waals surface area contributed by atoms with Gasteiger partial charge in [0.15, 0.2) is 0 Å². The number of aromatic nitrogens is 2. The van der Waals surface area contributed by atoms with Crippen LogP contribution < -0.4 is 0 Å². The van der Waals surface area contributed by atoms with Gasteiger partial charge in [-0.05, 0) is 43.6 Å². The van der Waals surface area contributed by atoms with Gasteiger partial charge in [0.25, 0.3) is 0 Å². The standard InChI is InChI=1S/C14H20N2O3/c1-16-9-10(8-15-16)4-5-14(13(17)18)6-7-19-12(14)11-2-3-11/h8-9,11-12H,2-7H2,1H3,(H,17,18). The van der Waals surface area contributed by atoms with Crippen LogP contribution in [0.15, 0.2) is 12.4 Å². The fourth-order valence-corrected chi connectivity index (χ4v) is 3.23. The summed E-state index contributed by atoms with van der Waals surface area (Å²) in [5, 5.41) is 13.8. The lowest BCUT2D eigenvalue weighted by Crippen LogP contribution is -2.40. The second kappa shape index (κ2) is 4.63. The summed E-state index contributed by atoms with van der Waals surface area (Å²) in [6.07, 6.45) is 7.97. The molecule has 1 N–H and O–H groups in total. The molecule has 0 amide bonds. The van der Waals surface area contributed by atoms with Crippen LogP contribution in [0.5, 0.6) is 0 Å². The van der Waals surface area contributed by atoms with E-state index in [1.165, 1.54) is 0 Å². The van der Waals surface area contributed by atoms with Gasteiger partial charge in [-0.3, -0.25) is 9.48 Å². The summed E-state index contributed by atoms with van der Waals surface area (Å²) in [5.74, 6) is -0.224. The Morgan fingerprint density at radius 3 is 3.00 bits per heavy atom. The van der Waals surface area contributed by atoms with Crippen LogP contribution in [0.2, 0.25) is 0 Å². The van der Waals surface area contributed by atoms with Crippen molar-refractivity contribution < 1.29 is 14.6 Å². The molecule has 1 aliphatic heterocycles. The number of ether oxygens (including phenoxy) is 1. The van der Waals surface area contributed by atoms with Crippen molar-refractivity contribution >= 4 is 5.97 Å². The summed E-state index contributed by atoms with van der Waals surface area (Å²) in [7, 11) is 1.88. The number of aliphatic carboxylic acids is 1. The van der Waals surface area contributed by atoms with Crippen molar-refractivity contribution in [1.82, 2.24) is 9.78 Å². The van der Waals surface area contributed by atoms with Crippen molar-refractivity contribution in [3.05, 3.63) is 18.0 Å². The SMILES string of the molecule is Cn1cc(CCC2(C(=O)O)CCOC2C2CC2)cn1. The minimum Gasteiger partial charge on any atom is -0.481 e. The highest BCUT2D eigenvalue weighted by atomic mass is 16.5. The normalized spacial score (nSPS) is 30.7. The first kappa shape index (κ1) is 12.7. The molecule has 2 heterocycles. The highest BCUT2D eigenvalue weighted by molar-refractivity contribution is 5.76. The third-order valence-electron chi connectivity index (χ3n) is 4.48. The second-order valence-electron chi connectivity index (χ2n) is 5.86. The number of carboxylic acid groups (broad SMARTS) is 1. The van der Waals surface area contributed by atoms with E-state index >= 15 is 0 Å². The highest BCUT2D eigenvalue weighted by Crippen LogP contribution is 2.50. The maximum atomic E-state index is 11.8. The maximum absolute atomic E-state index is 11.8. The van der Waals surface area contributed by atoms with Gasteiger partial charge < -0.3 is 9.84 Å². The van der Waals surface area contributed by atoms with Gasteiger partial charge in [-0.25, -0.2) is 0 Å². The predicted octanol–water partition coefficient (Wildman–Crippen LogP) is 1.62. The fraction of sp³-hybridized carbons (Fsp3) is 0.714. The summed E-state index contributed by atoms with van der Waals surface area (Å²) in [6.45, 7) is 0.584. The molecule has 2 aliphatic rings. The molecule has 5 nitrogen and oxygen atoms in total. The van der Waals surface area contributed by atoms with E-state index in [0.29, 0.717) is 25.4 Å². The second-order valence-corrected chi connectivity index (χ2v) is 5.86. The van der Waals surface area contributed by atoms with Crippen LogP contribution in [0.25, 0.3) is 0 Å². The lowest BCUT2D eigenvalue weighted by atomic mass is 9.74. The minimum absolute atomic E-state index is 0.0818. The van der Waals surface area contributed by atoms with E-state index < -0.39 is 11.4 Å². The number of nitrogens with zero attached hydrogens (tertiary/aromatic N) is 2. The molecule has 1 saturated carbocycles. The van der Waals surface area contributed by atoms with Crippen LogP contribution in [0.1, 0.15) is 31.2 Å². The Hall–Kier alpha value is -1.36. The molecule has 3 rings (SSSR count). The summed E-state index contributed by atoms with van der Waals surface area (Å²) in [5.41, 5.74) is 0.418. The molecule has 1 aromatic rings. The molecule has 2 fully saturated rings. The first-order valence-corrected chi connectivity index (χ1v) is 6.94. The largest absolute Gasteiger partial charge is 0.481 e. The molecule has 2 unspecified atom stereocenters. The number of hydrogen-bond acceptors (Lipinski definition) is 3. The Bertz CT molecular complexity index is 481. The zero-order chi connectivity index (χ0) is 13.5. The van der Waals surface area contributed by atoms with Gasteiger partial charge in [-0.15, -0.1) is 0 Å². The Labute approximate surface area is 112 Å². The van der Waals surface area contributed by atoms with Crippen molar-refractivity contribution in [2.75, 3.05) is 6.61 Å². The van der Waals surface area contributed by atoms with E-state index in [0.717, 1.165) is 24.8 Å². The molecule has 104 valence electrons. The molecule has 1 aromatic heterocycles. The highest BCUT2D eigenvalue weighted by Gasteiger charge is 2.55. The average molecular weight is 264 g/mol. The van der Waals surface area contributed by atoms with E-state index in [2.05, 4.69) is 5.10 Å². The number of carbonyl (C=O) groups is 1. The molecule has 1 aliphatic carbocycles. The van der Waals surface area contributed by atoms with Crippen LogP contribution in [-0.4, -0.2) is 33.6 Å². The van der Waals surface area contributed by atoms with Gasteiger partial charge in [-0.2, -0.15) is 5.10 Å². The predicted molar refractivity (Wildman–Crippen MR) is 68.7 cm³/mol. The van der Waals surface area contributed by atoms with Crippen molar-refractivity contribution in [2.45, 2.75) is 38.2 Å². The van der Waals surface area contributed by atoms with Crippen LogP contribution >= 0.6 is 0 Å². The topological polar surface area (TPSA) is 64.4 Å². The molecule has 2 atom stereocenters. The zero-order valence-corrected chi connectivity index (χ0v) is 11.2. The van der Waals surface area contributed by atoms with Crippen molar-refractivity contribution in [2.24, 2.45) is 18.4 Å². The Morgan fingerprint density at radius 2 is 2.42 bits per heavy atom. The average Bonchev–Trinajstić information content (AvgIpc) is 2.98. The third-order valence-corrected chi connectivity index (χ3v) is 4.48. The van der Waals surface area contributed by atoms with E-state index in [-0.39, 0.29) is 6.10 Å². The summed E-state index contributed by atoms with van der Waals surface area (Å²) >= 11 is 0. The fourth-order valence-electron chi connectivity index (χ4n) is 3.23. The summed E-state index contributed by atoms with van der Waals surface area (Å²) in [4.78, 5) is 11.8. The van der Waals surface area contributed by atoms with E-state index in [9.17, 15) is 9.90 Å². The number of carboxylic acids is 1. The molecule has 0 spiro atoms. The minimum atomic E-state index is -0.689. The van der Waals surface area contributed by atoms with Gasteiger partial charge in [0.2, 0.25) is 0 Å². The Balaban J connectivity index is 1.74. The number of hydrogen-bond donors (Lipinski definition) is 1. The number of rotatable bonds is 5. The van der Waals surface area contributed by atoms with Gasteiger partial charge in [0.05, 0.1) is 17.7 Å². The molecular formula is C14H20N2O3. The molecule has 0 radical (unpaired) electrons. The van der Waals surface area contributed by atoms with E-state index in [1.807, 2.05) is 19.4 Å². The van der Waals surface area contributed by atoms with Crippen molar-refractivity contribution in [3.63, 3.8) is 0 Å². The van der Waals surface area contributed by atoms with E-state index in [4.69, 9.17) is 4.74 Å². The Kier molecular flexibility index (Phi) is 3.09. The quantitative estimate of drug-likeness (QED) is 0.877. The molecule has 1 saturated heterocycles. The molecule has 0 aromatic carbocycles. The van der Waals surface area contributed by atoms with Gasteiger partial charge in [0.1, 0.15) is 0 Å². The first-order valence-electron chi connectivity index (χ1n) is 6.94.